The van der Waals surface area contributed by atoms with Crippen LogP contribution in [0.15, 0.2) is 0 Å². The van der Waals surface area contributed by atoms with E-state index in [1.165, 1.54) is 0 Å². The van der Waals surface area contributed by atoms with Crippen molar-refractivity contribution < 1.29 is 9.84 Å². The first-order valence-electron chi connectivity index (χ1n) is 5.06. The monoisotopic (exact) mass is 187 g/mol. The number of ether oxygens (including phenoxy) is 1. The van der Waals surface area contributed by atoms with E-state index in [4.69, 9.17) is 4.74 Å². The Kier molecular flexibility index (Phi) is 3.71. The number of β-amino-alcohol motifs (C(OH)–C–C–N with tert-alkyl or cyclic N) is 1. The Morgan fingerprint density at radius 3 is 2.62 bits per heavy atom. The molecule has 1 fully saturated rings. The summed E-state index contributed by atoms with van der Waals surface area (Å²) in [4.78, 5) is 2.31. The fourth-order valence-corrected chi connectivity index (χ4v) is 1.72. The molecule has 1 aliphatic rings. The summed E-state index contributed by atoms with van der Waals surface area (Å²) in [6.07, 6.45) is 1.91. The quantitative estimate of drug-likeness (QED) is 0.693. The Hall–Kier alpha value is -0.120. The number of likely N-dealkylation sites (tertiary alicyclic amines) is 1. The molecule has 3 nitrogen and oxygen atoms in total. The minimum absolute atomic E-state index is 0.401. The van der Waals surface area contributed by atoms with Gasteiger partial charge in [-0.3, -0.25) is 4.90 Å². The second-order valence-corrected chi connectivity index (χ2v) is 4.11. The molecule has 0 spiro atoms. The van der Waals surface area contributed by atoms with Crippen molar-refractivity contribution >= 4 is 0 Å². The molecule has 1 heterocycles. The van der Waals surface area contributed by atoms with Gasteiger partial charge in [0.2, 0.25) is 0 Å². The minimum Gasteiger partial charge on any atom is -0.387 e. The fourth-order valence-electron chi connectivity index (χ4n) is 1.72. The lowest BCUT2D eigenvalue weighted by Gasteiger charge is -2.49. The predicted molar refractivity (Wildman–Crippen MR) is 52.8 cm³/mol. The van der Waals surface area contributed by atoms with E-state index in [0.29, 0.717) is 6.04 Å². The number of nitrogens with zero attached hydrogens (tertiary/aromatic N) is 1. The van der Waals surface area contributed by atoms with Crippen molar-refractivity contribution in [3.8, 4) is 0 Å². The lowest BCUT2D eigenvalue weighted by molar-refractivity contribution is -0.117. The standard InChI is InChI=1S/C10H21NO2/c1-4-10(12)7-11(8-10)9(2)5-6-13-3/h9,12H,4-8H2,1-3H3. The molecule has 0 bridgehead atoms. The van der Waals surface area contributed by atoms with Gasteiger partial charge < -0.3 is 9.84 Å². The van der Waals surface area contributed by atoms with Crippen LogP contribution in [-0.4, -0.2) is 48.5 Å². The van der Waals surface area contributed by atoms with Crippen molar-refractivity contribution in [2.75, 3.05) is 26.8 Å². The Labute approximate surface area is 80.7 Å². The van der Waals surface area contributed by atoms with Gasteiger partial charge in [-0.15, -0.1) is 0 Å². The summed E-state index contributed by atoms with van der Waals surface area (Å²) >= 11 is 0. The lowest BCUT2D eigenvalue weighted by atomic mass is 9.89. The van der Waals surface area contributed by atoms with Gasteiger partial charge in [-0.05, 0) is 19.8 Å². The largest absolute Gasteiger partial charge is 0.387 e. The molecular weight excluding hydrogens is 166 g/mol. The molecule has 0 aliphatic carbocycles. The molecule has 0 saturated carbocycles. The van der Waals surface area contributed by atoms with E-state index < -0.39 is 5.60 Å². The van der Waals surface area contributed by atoms with Gasteiger partial charge in [0, 0.05) is 32.8 Å². The van der Waals surface area contributed by atoms with Gasteiger partial charge in [0.25, 0.3) is 0 Å². The van der Waals surface area contributed by atoms with Crippen LogP contribution in [0.2, 0.25) is 0 Å². The Bertz CT molecular complexity index is 155. The van der Waals surface area contributed by atoms with Crippen molar-refractivity contribution in [2.24, 2.45) is 0 Å². The number of hydrogen-bond acceptors (Lipinski definition) is 3. The Morgan fingerprint density at radius 1 is 1.54 bits per heavy atom. The van der Waals surface area contributed by atoms with E-state index in [2.05, 4.69) is 11.8 Å². The van der Waals surface area contributed by atoms with Crippen LogP contribution in [0.4, 0.5) is 0 Å². The molecule has 0 amide bonds. The van der Waals surface area contributed by atoms with Crippen LogP contribution >= 0.6 is 0 Å². The van der Waals surface area contributed by atoms with E-state index in [1.54, 1.807) is 7.11 Å². The normalized spacial score (nSPS) is 24.0. The summed E-state index contributed by atoms with van der Waals surface area (Å²) in [5, 5.41) is 9.79. The molecule has 1 N–H and O–H groups in total. The lowest BCUT2D eigenvalue weighted by Crippen LogP contribution is -2.63. The highest BCUT2D eigenvalue weighted by Gasteiger charge is 2.40. The number of methoxy groups -OCH3 is 1. The van der Waals surface area contributed by atoms with Crippen LogP contribution in [0.5, 0.6) is 0 Å². The molecule has 1 saturated heterocycles. The van der Waals surface area contributed by atoms with Crippen LogP contribution < -0.4 is 0 Å². The molecule has 0 aromatic rings. The van der Waals surface area contributed by atoms with Crippen LogP contribution in [0, 0.1) is 0 Å². The zero-order valence-corrected chi connectivity index (χ0v) is 8.92. The third-order valence-corrected chi connectivity index (χ3v) is 3.02. The SMILES string of the molecule is CCC1(O)CN(C(C)CCOC)C1. The van der Waals surface area contributed by atoms with Gasteiger partial charge in [0.05, 0.1) is 5.60 Å². The van der Waals surface area contributed by atoms with Crippen molar-refractivity contribution in [3.05, 3.63) is 0 Å². The average molecular weight is 187 g/mol. The van der Waals surface area contributed by atoms with Gasteiger partial charge in [-0.1, -0.05) is 6.92 Å². The highest BCUT2D eigenvalue weighted by molar-refractivity contribution is 4.96. The molecule has 1 rings (SSSR count). The van der Waals surface area contributed by atoms with Crippen LogP contribution in [0.1, 0.15) is 26.7 Å². The van der Waals surface area contributed by atoms with Crippen LogP contribution in [0.3, 0.4) is 0 Å². The molecule has 0 aromatic carbocycles. The molecule has 1 aliphatic heterocycles. The third-order valence-electron chi connectivity index (χ3n) is 3.02. The molecule has 3 heteroatoms. The first kappa shape index (κ1) is 11.0. The maximum absolute atomic E-state index is 9.79. The molecule has 0 radical (unpaired) electrons. The third kappa shape index (κ3) is 2.66. The summed E-state index contributed by atoms with van der Waals surface area (Å²) in [6.45, 7) is 6.69. The van der Waals surface area contributed by atoms with Gasteiger partial charge in [0.1, 0.15) is 0 Å². The predicted octanol–water partition coefficient (Wildman–Crippen LogP) is 0.868. The van der Waals surface area contributed by atoms with Gasteiger partial charge in [-0.2, -0.15) is 0 Å². The fraction of sp³-hybridized carbons (Fsp3) is 1.00. The van der Waals surface area contributed by atoms with E-state index in [-0.39, 0.29) is 0 Å². The van der Waals surface area contributed by atoms with Crippen molar-refractivity contribution in [1.82, 2.24) is 4.90 Å². The van der Waals surface area contributed by atoms with Gasteiger partial charge >= 0.3 is 0 Å². The second kappa shape index (κ2) is 4.40. The molecular formula is C10H21NO2. The van der Waals surface area contributed by atoms with Gasteiger partial charge in [-0.25, -0.2) is 0 Å². The van der Waals surface area contributed by atoms with Crippen molar-refractivity contribution in [1.29, 1.82) is 0 Å². The average Bonchev–Trinajstić information content (AvgIpc) is 2.09. The first-order valence-corrected chi connectivity index (χ1v) is 5.06. The molecule has 1 unspecified atom stereocenters. The zero-order chi connectivity index (χ0) is 9.90. The number of hydrogen-bond donors (Lipinski definition) is 1. The highest BCUT2D eigenvalue weighted by Crippen LogP contribution is 2.26. The summed E-state index contributed by atoms with van der Waals surface area (Å²) in [6, 6.07) is 0.534. The first-order chi connectivity index (χ1) is 6.11. The molecule has 13 heavy (non-hydrogen) atoms. The second-order valence-electron chi connectivity index (χ2n) is 4.11. The summed E-state index contributed by atoms with van der Waals surface area (Å²) in [5.41, 5.74) is -0.401. The van der Waals surface area contributed by atoms with E-state index >= 15 is 0 Å². The van der Waals surface area contributed by atoms with E-state index in [0.717, 1.165) is 32.5 Å². The summed E-state index contributed by atoms with van der Waals surface area (Å²) in [5.74, 6) is 0. The molecule has 0 aromatic heterocycles. The van der Waals surface area contributed by atoms with Crippen LogP contribution in [0.25, 0.3) is 0 Å². The van der Waals surface area contributed by atoms with E-state index in [1.807, 2.05) is 6.92 Å². The highest BCUT2D eigenvalue weighted by atomic mass is 16.5. The zero-order valence-electron chi connectivity index (χ0n) is 8.92. The summed E-state index contributed by atoms with van der Waals surface area (Å²) in [7, 11) is 1.73. The van der Waals surface area contributed by atoms with Crippen molar-refractivity contribution in [3.63, 3.8) is 0 Å². The van der Waals surface area contributed by atoms with Crippen LogP contribution in [-0.2, 0) is 4.74 Å². The van der Waals surface area contributed by atoms with Gasteiger partial charge in [0.15, 0.2) is 0 Å². The molecule has 78 valence electrons. The minimum atomic E-state index is -0.401. The number of rotatable bonds is 5. The Balaban J connectivity index is 2.18. The molecule has 1 atom stereocenters. The van der Waals surface area contributed by atoms with Crippen molar-refractivity contribution in [2.45, 2.75) is 38.3 Å². The van der Waals surface area contributed by atoms with E-state index in [9.17, 15) is 5.11 Å². The topological polar surface area (TPSA) is 32.7 Å². The summed E-state index contributed by atoms with van der Waals surface area (Å²) < 4.78 is 5.02. The number of aliphatic hydroxyl groups is 1. The smallest absolute Gasteiger partial charge is 0.0897 e. The Morgan fingerprint density at radius 2 is 2.15 bits per heavy atom. The maximum atomic E-state index is 9.79. The maximum Gasteiger partial charge on any atom is 0.0897 e.